The lowest BCUT2D eigenvalue weighted by atomic mass is 9.87. The number of nitrogens with one attached hydrogen (secondary N) is 2. The summed E-state index contributed by atoms with van der Waals surface area (Å²) < 4.78 is 5.48. The molecule has 0 aliphatic heterocycles. The molecular weight excluding hydrogens is 328 g/mol. The maximum Gasteiger partial charge on any atom is 0.171 e. The van der Waals surface area contributed by atoms with Crippen LogP contribution in [0.25, 0.3) is 0 Å². The van der Waals surface area contributed by atoms with Crippen LogP contribution in [0.4, 0.5) is 5.69 Å². The summed E-state index contributed by atoms with van der Waals surface area (Å²) in [6, 6.07) is 16.7. The van der Waals surface area contributed by atoms with Gasteiger partial charge in [-0.15, -0.1) is 0 Å². The van der Waals surface area contributed by atoms with Crippen LogP contribution >= 0.6 is 12.2 Å². The fraction of sp³-hybridized carbons (Fsp3) is 0.381. The summed E-state index contributed by atoms with van der Waals surface area (Å²) >= 11 is 5.61. The molecule has 2 N–H and O–H groups in total. The van der Waals surface area contributed by atoms with Gasteiger partial charge in [0.15, 0.2) is 5.11 Å². The van der Waals surface area contributed by atoms with E-state index < -0.39 is 0 Å². The van der Waals surface area contributed by atoms with Crippen LogP contribution in [0.15, 0.2) is 48.5 Å². The third-order valence-corrected chi connectivity index (χ3v) is 5.01. The van der Waals surface area contributed by atoms with Gasteiger partial charge in [-0.1, -0.05) is 42.7 Å². The van der Waals surface area contributed by atoms with Crippen molar-refractivity contribution in [3.05, 3.63) is 59.7 Å². The number of benzene rings is 2. The Morgan fingerprint density at radius 1 is 1.12 bits per heavy atom. The SMILES string of the molecule is CCOc1ccc(NC(=S)NC2(c3cccc(C)c3)CCCC2)cc1. The average Bonchev–Trinajstić information content (AvgIpc) is 3.06. The highest BCUT2D eigenvalue weighted by molar-refractivity contribution is 7.80. The minimum Gasteiger partial charge on any atom is -0.494 e. The third kappa shape index (κ3) is 4.31. The minimum absolute atomic E-state index is 0.0542. The van der Waals surface area contributed by atoms with E-state index in [4.69, 9.17) is 17.0 Å². The second-order valence-electron chi connectivity index (χ2n) is 6.70. The standard InChI is InChI=1S/C21H26N2OS/c1-3-24-19-11-9-18(10-12-19)22-20(25)23-21(13-4-5-14-21)17-8-6-7-16(2)15-17/h6-12,15H,3-5,13-14H2,1-2H3,(H2,22,23,25). The maximum atomic E-state index is 5.61. The van der Waals surface area contributed by atoms with Crippen molar-refractivity contribution in [1.29, 1.82) is 0 Å². The van der Waals surface area contributed by atoms with Crippen LogP contribution in [-0.2, 0) is 5.54 Å². The summed E-state index contributed by atoms with van der Waals surface area (Å²) in [6.45, 7) is 4.80. The van der Waals surface area contributed by atoms with Crippen molar-refractivity contribution >= 4 is 23.0 Å². The highest BCUT2D eigenvalue weighted by atomic mass is 32.1. The van der Waals surface area contributed by atoms with Gasteiger partial charge in [-0.25, -0.2) is 0 Å². The van der Waals surface area contributed by atoms with Crippen molar-refractivity contribution in [2.75, 3.05) is 11.9 Å². The van der Waals surface area contributed by atoms with Gasteiger partial charge in [-0.05, 0) is 68.7 Å². The molecule has 0 heterocycles. The molecule has 2 aromatic carbocycles. The van der Waals surface area contributed by atoms with Gasteiger partial charge in [0, 0.05) is 5.69 Å². The second-order valence-corrected chi connectivity index (χ2v) is 7.10. The highest BCUT2D eigenvalue weighted by Crippen LogP contribution is 2.39. The van der Waals surface area contributed by atoms with Crippen LogP contribution < -0.4 is 15.4 Å². The van der Waals surface area contributed by atoms with E-state index >= 15 is 0 Å². The first-order valence-electron chi connectivity index (χ1n) is 9.00. The van der Waals surface area contributed by atoms with E-state index in [1.54, 1.807) is 0 Å². The monoisotopic (exact) mass is 354 g/mol. The Morgan fingerprint density at radius 2 is 1.84 bits per heavy atom. The van der Waals surface area contributed by atoms with E-state index in [1.165, 1.54) is 24.0 Å². The molecule has 0 saturated heterocycles. The predicted octanol–water partition coefficient (Wildman–Crippen LogP) is 5.15. The quantitative estimate of drug-likeness (QED) is 0.728. The molecule has 2 aromatic rings. The van der Waals surface area contributed by atoms with Gasteiger partial charge >= 0.3 is 0 Å². The van der Waals surface area contributed by atoms with Gasteiger partial charge in [-0.2, -0.15) is 0 Å². The molecule has 0 unspecified atom stereocenters. The Kier molecular flexibility index (Phi) is 5.59. The van der Waals surface area contributed by atoms with Gasteiger partial charge in [0.1, 0.15) is 5.75 Å². The van der Waals surface area contributed by atoms with Crippen LogP contribution in [0.2, 0.25) is 0 Å². The number of aryl methyl sites for hydroxylation is 1. The molecule has 0 aromatic heterocycles. The Labute approximate surface area is 155 Å². The normalized spacial score (nSPS) is 15.6. The lowest BCUT2D eigenvalue weighted by Gasteiger charge is -2.33. The molecule has 1 fully saturated rings. The summed E-state index contributed by atoms with van der Waals surface area (Å²) in [6.07, 6.45) is 4.68. The van der Waals surface area contributed by atoms with Crippen molar-refractivity contribution in [2.24, 2.45) is 0 Å². The van der Waals surface area contributed by atoms with E-state index in [0.717, 1.165) is 24.3 Å². The lowest BCUT2D eigenvalue weighted by Crippen LogP contribution is -2.45. The highest BCUT2D eigenvalue weighted by Gasteiger charge is 2.36. The van der Waals surface area contributed by atoms with E-state index in [0.29, 0.717) is 11.7 Å². The molecule has 1 saturated carbocycles. The Hall–Kier alpha value is -2.07. The molecular formula is C21H26N2OS. The molecule has 0 bridgehead atoms. The van der Waals surface area contributed by atoms with Crippen molar-refractivity contribution in [2.45, 2.75) is 45.1 Å². The molecule has 0 atom stereocenters. The Bertz CT molecular complexity index is 721. The lowest BCUT2D eigenvalue weighted by molar-refractivity contribution is 0.340. The van der Waals surface area contributed by atoms with Crippen LogP contribution in [0, 0.1) is 6.92 Å². The average molecular weight is 355 g/mol. The van der Waals surface area contributed by atoms with Crippen molar-refractivity contribution < 1.29 is 4.74 Å². The molecule has 132 valence electrons. The molecule has 0 radical (unpaired) electrons. The summed E-state index contributed by atoms with van der Waals surface area (Å²) in [4.78, 5) is 0. The zero-order valence-corrected chi connectivity index (χ0v) is 15.8. The van der Waals surface area contributed by atoms with Crippen molar-refractivity contribution in [1.82, 2.24) is 5.32 Å². The van der Waals surface area contributed by atoms with Gasteiger partial charge in [0.05, 0.1) is 12.1 Å². The summed E-state index contributed by atoms with van der Waals surface area (Å²) in [5, 5.41) is 7.60. The first-order chi connectivity index (χ1) is 12.1. The number of hydrogen-bond donors (Lipinski definition) is 2. The molecule has 1 aliphatic carbocycles. The zero-order valence-electron chi connectivity index (χ0n) is 15.0. The van der Waals surface area contributed by atoms with Crippen LogP contribution in [0.1, 0.15) is 43.7 Å². The molecule has 1 aliphatic rings. The van der Waals surface area contributed by atoms with Crippen LogP contribution in [0.5, 0.6) is 5.75 Å². The Morgan fingerprint density at radius 3 is 2.48 bits per heavy atom. The maximum absolute atomic E-state index is 5.61. The minimum atomic E-state index is -0.0542. The first-order valence-corrected chi connectivity index (χ1v) is 9.41. The summed E-state index contributed by atoms with van der Waals surface area (Å²) in [5.74, 6) is 0.874. The fourth-order valence-corrected chi connectivity index (χ4v) is 3.90. The molecule has 0 amide bonds. The first kappa shape index (κ1) is 17.7. The van der Waals surface area contributed by atoms with Crippen molar-refractivity contribution in [3.8, 4) is 5.75 Å². The van der Waals surface area contributed by atoms with E-state index in [2.05, 4.69) is 41.8 Å². The van der Waals surface area contributed by atoms with Gasteiger partial charge in [0.2, 0.25) is 0 Å². The van der Waals surface area contributed by atoms with Gasteiger partial charge < -0.3 is 15.4 Å². The van der Waals surface area contributed by atoms with E-state index in [9.17, 15) is 0 Å². The number of hydrogen-bond acceptors (Lipinski definition) is 2. The van der Waals surface area contributed by atoms with Crippen LogP contribution in [0.3, 0.4) is 0 Å². The number of thiocarbonyl (C=S) groups is 1. The summed E-state index contributed by atoms with van der Waals surface area (Å²) in [7, 11) is 0. The Balaban J connectivity index is 1.71. The molecule has 4 heteroatoms. The fourth-order valence-electron chi connectivity index (χ4n) is 3.59. The molecule has 3 rings (SSSR count). The number of anilines is 1. The van der Waals surface area contributed by atoms with E-state index in [-0.39, 0.29) is 5.54 Å². The third-order valence-electron chi connectivity index (χ3n) is 4.80. The molecule has 0 spiro atoms. The van der Waals surface area contributed by atoms with E-state index in [1.807, 2.05) is 31.2 Å². The number of rotatable bonds is 5. The predicted molar refractivity (Wildman–Crippen MR) is 108 cm³/mol. The van der Waals surface area contributed by atoms with Gasteiger partial charge in [-0.3, -0.25) is 0 Å². The largest absolute Gasteiger partial charge is 0.494 e. The van der Waals surface area contributed by atoms with Gasteiger partial charge in [0.25, 0.3) is 0 Å². The van der Waals surface area contributed by atoms with Crippen LogP contribution in [-0.4, -0.2) is 11.7 Å². The topological polar surface area (TPSA) is 33.3 Å². The summed E-state index contributed by atoms with van der Waals surface area (Å²) in [5.41, 5.74) is 3.54. The molecule has 25 heavy (non-hydrogen) atoms. The molecule has 3 nitrogen and oxygen atoms in total. The second kappa shape index (κ2) is 7.87. The number of ether oxygens (including phenoxy) is 1. The smallest absolute Gasteiger partial charge is 0.171 e. The zero-order chi connectivity index (χ0) is 17.7. The van der Waals surface area contributed by atoms with Crippen molar-refractivity contribution in [3.63, 3.8) is 0 Å².